The molecule has 0 rings (SSSR count). The standard InChI is InChI=1S/C50H88O6/c1-4-7-10-13-16-19-21-23-24-25-27-28-31-34-37-40-43-49(52)55-46-47(45-54-48(51)42-39-36-33-30-18-15-12-9-6-3)56-50(53)44-41-38-35-32-29-26-22-20-17-14-11-8-5-2/h9,12,18,26,29-30,35,38,47H,4-8,10-11,13-17,19-25,27-28,31-34,36-37,39-46H2,1-3H3/b12-9-,29-26-,30-18-,38-35-. The first-order valence-electron chi connectivity index (χ1n) is 23.6. The van der Waals surface area contributed by atoms with Crippen LogP contribution in [0.4, 0.5) is 0 Å². The van der Waals surface area contributed by atoms with E-state index >= 15 is 0 Å². The maximum atomic E-state index is 12.7. The summed E-state index contributed by atoms with van der Waals surface area (Å²) in [7, 11) is 0. The average Bonchev–Trinajstić information content (AvgIpc) is 3.19. The van der Waals surface area contributed by atoms with Gasteiger partial charge in [0.15, 0.2) is 6.10 Å². The van der Waals surface area contributed by atoms with E-state index in [1.807, 2.05) is 6.08 Å². The summed E-state index contributed by atoms with van der Waals surface area (Å²) in [6.45, 7) is 6.42. The molecule has 6 heteroatoms. The van der Waals surface area contributed by atoms with Crippen LogP contribution in [0.3, 0.4) is 0 Å². The van der Waals surface area contributed by atoms with Crippen LogP contribution in [0.2, 0.25) is 0 Å². The second-order valence-corrected chi connectivity index (χ2v) is 15.6. The van der Waals surface area contributed by atoms with Crippen molar-refractivity contribution in [2.24, 2.45) is 0 Å². The zero-order valence-electron chi connectivity index (χ0n) is 36.9. The first-order chi connectivity index (χ1) is 27.5. The van der Waals surface area contributed by atoms with Crippen molar-refractivity contribution in [1.82, 2.24) is 0 Å². The third kappa shape index (κ3) is 42.5. The van der Waals surface area contributed by atoms with Crippen LogP contribution in [0.15, 0.2) is 48.6 Å². The normalized spacial score (nSPS) is 12.4. The molecule has 0 saturated heterocycles. The second kappa shape index (κ2) is 45.1. The van der Waals surface area contributed by atoms with E-state index in [-0.39, 0.29) is 37.5 Å². The van der Waals surface area contributed by atoms with Gasteiger partial charge in [0.05, 0.1) is 0 Å². The molecule has 324 valence electrons. The lowest BCUT2D eigenvalue weighted by molar-refractivity contribution is -0.166. The van der Waals surface area contributed by atoms with Gasteiger partial charge in [0.1, 0.15) is 13.2 Å². The van der Waals surface area contributed by atoms with Gasteiger partial charge in [-0.2, -0.15) is 0 Å². The van der Waals surface area contributed by atoms with Gasteiger partial charge in [0.25, 0.3) is 0 Å². The van der Waals surface area contributed by atoms with Crippen molar-refractivity contribution in [3.63, 3.8) is 0 Å². The molecule has 0 aliphatic carbocycles. The zero-order valence-corrected chi connectivity index (χ0v) is 36.9. The Kier molecular flexibility index (Phi) is 43.0. The molecular formula is C50H88O6. The average molecular weight is 785 g/mol. The fraction of sp³-hybridized carbons (Fsp3) is 0.780. The van der Waals surface area contributed by atoms with Crippen LogP contribution in [0.5, 0.6) is 0 Å². The van der Waals surface area contributed by atoms with Gasteiger partial charge >= 0.3 is 17.9 Å². The molecule has 1 atom stereocenters. The largest absolute Gasteiger partial charge is 0.462 e. The van der Waals surface area contributed by atoms with Crippen molar-refractivity contribution in [3.05, 3.63) is 48.6 Å². The molecule has 0 radical (unpaired) electrons. The number of rotatable bonds is 42. The molecule has 6 nitrogen and oxygen atoms in total. The minimum absolute atomic E-state index is 0.104. The fourth-order valence-corrected chi connectivity index (χ4v) is 6.53. The van der Waals surface area contributed by atoms with E-state index in [9.17, 15) is 14.4 Å². The lowest BCUT2D eigenvalue weighted by Crippen LogP contribution is -2.30. The molecule has 0 aromatic rings. The maximum Gasteiger partial charge on any atom is 0.306 e. The third-order valence-corrected chi connectivity index (χ3v) is 10.1. The molecule has 0 amide bonds. The van der Waals surface area contributed by atoms with Crippen LogP contribution < -0.4 is 0 Å². The van der Waals surface area contributed by atoms with Crippen LogP contribution >= 0.6 is 0 Å². The summed E-state index contributed by atoms with van der Waals surface area (Å²) in [5, 5.41) is 0. The monoisotopic (exact) mass is 785 g/mol. The summed E-state index contributed by atoms with van der Waals surface area (Å²) in [6.07, 6.45) is 52.6. The summed E-state index contributed by atoms with van der Waals surface area (Å²) >= 11 is 0. The van der Waals surface area contributed by atoms with Gasteiger partial charge in [-0.25, -0.2) is 0 Å². The number of unbranched alkanes of at least 4 members (excludes halogenated alkanes) is 23. The lowest BCUT2D eigenvalue weighted by atomic mass is 10.0. The zero-order chi connectivity index (χ0) is 40.8. The number of hydrogen-bond donors (Lipinski definition) is 0. The second-order valence-electron chi connectivity index (χ2n) is 15.6. The van der Waals surface area contributed by atoms with Crippen molar-refractivity contribution in [1.29, 1.82) is 0 Å². The van der Waals surface area contributed by atoms with Gasteiger partial charge in [-0.05, 0) is 64.2 Å². The van der Waals surface area contributed by atoms with Crippen molar-refractivity contribution in [3.8, 4) is 0 Å². The number of esters is 3. The van der Waals surface area contributed by atoms with E-state index in [0.29, 0.717) is 19.3 Å². The maximum absolute atomic E-state index is 12.7. The van der Waals surface area contributed by atoms with Gasteiger partial charge in [0, 0.05) is 19.3 Å². The van der Waals surface area contributed by atoms with Crippen molar-refractivity contribution >= 4 is 17.9 Å². The highest BCUT2D eigenvalue weighted by Gasteiger charge is 2.19. The summed E-state index contributed by atoms with van der Waals surface area (Å²) in [5.74, 6) is -1.01. The first kappa shape index (κ1) is 53.4. The first-order valence-corrected chi connectivity index (χ1v) is 23.6. The van der Waals surface area contributed by atoms with E-state index < -0.39 is 6.10 Å². The Labute approximate surface area is 346 Å². The Morgan fingerprint density at radius 1 is 0.375 bits per heavy atom. The van der Waals surface area contributed by atoms with E-state index in [4.69, 9.17) is 14.2 Å². The number of carbonyl (C=O) groups is 3. The summed E-state index contributed by atoms with van der Waals surface area (Å²) in [5.41, 5.74) is 0. The quantitative estimate of drug-likeness (QED) is 0.0265. The molecule has 0 aliphatic heterocycles. The molecule has 0 aromatic carbocycles. The summed E-state index contributed by atoms with van der Waals surface area (Å²) in [4.78, 5) is 37.7. The Morgan fingerprint density at radius 3 is 1.18 bits per heavy atom. The molecule has 0 aliphatic rings. The molecular weight excluding hydrogens is 697 g/mol. The van der Waals surface area contributed by atoms with Crippen LogP contribution in [0.25, 0.3) is 0 Å². The topological polar surface area (TPSA) is 78.9 Å². The van der Waals surface area contributed by atoms with E-state index in [1.54, 1.807) is 0 Å². The Bertz CT molecular complexity index is 996. The highest BCUT2D eigenvalue weighted by molar-refractivity contribution is 5.71. The molecule has 1 unspecified atom stereocenters. The Hall–Kier alpha value is -2.63. The molecule has 0 bridgehead atoms. The van der Waals surface area contributed by atoms with Crippen LogP contribution in [0.1, 0.15) is 233 Å². The van der Waals surface area contributed by atoms with E-state index in [0.717, 1.165) is 64.2 Å². The molecule has 0 spiro atoms. The number of allylic oxidation sites excluding steroid dienone is 8. The van der Waals surface area contributed by atoms with Gasteiger partial charge in [0.2, 0.25) is 0 Å². The van der Waals surface area contributed by atoms with E-state index in [2.05, 4.69) is 63.3 Å². The smallest absolute Gasteiger partial charge is 0.306 e. The molecule has 0 heterocycles. The van der Waals surface area contributed by atoms with Gasteiger partial charge in [-0.15, -0.1) is 0 Å². The highest BCUT2D eigenvalue weighted by atomic mass is 16.6. The van der Waals surface area contributed by atoms with Crippen LogP contribution in [0, 0.1) is 0 Å². The van der Waals surface area contributed by atoms with Gasteiger partial charge < -0.3 is 14.2 Å². The molecule has 0 N–H and O–H groups in total. The number of hydrogen-bond acceptors (Lipinski definition) is 6. The van der Waals surface area contributed by atoms with Crippen molar-refractivity contribution < 1.29 is 28.6 Å². The predicted molar refractivity (Wildman–Crippen MR) is 238 cm³/mol. The predicted octanol–water partition coefficient (Wildman–Crippen LogP) is 15.1. The van der Waals surface area contributed by atoms with Gasteiger partial charge in [-0.3, -0.25) is 14.4 Å². The summed E-state index contributed by atoms with van der Waals surface area (Å²) < 4.78 is 16.6. The third-order valence-electron chi connectivity index (χ3n) is 10.1. The minimum Gasteiger partial charge on any atom is -0.462 e. The van der Waals surface area contributed by atoms with Crippen LogP contribution in [-0.4, -0.2) is 37.2 Å². The lowest BCUT2D eigenvalue weighted by Gasteiger charge is -2.18. The fourth-order valence-electron chi connectivity index (χ4n) is 6.53. The Balaban J connectivity index is 4.39. The summed E-state index contributed by atoms with van der Waals surface area (Å²) in [6, 6.07) is 0. The van der Waals surface area contributed by atoms with Crippen LogP contribution in [-0.2, 0) is 28.6 Å². The minimum atomic E-state index is -0.811. The molecule has 56 heavy (non-hydrogen) atoms. The van der Waals surface area contributed by atoms with Gasteiger partial charge in [-0.1, -0.05) is 198 Å². The molecule has 0 fully saturated rings. The molecule has 0 saturated carbocycles. The SMILES string of the molecule is CC/C=C\C/C=C\CCCCC(=O)OCC(COC(=O)CCCCCCCCCCCCCCCCCC)OC(=O)CC/C=C\C/C=C\CCCCCCCC. The number of ether oxygens (including phenoxy) is 3. The van der Waals surface area contributed by atoms with E-state index in [1.165, 1.54) is 122 Å². The Morgan fingerprint density at radius 2 is 0.732 bits per heavy atom. The number of carbonyl (C=O) groups excluding carboxylic acids is 3. The van der Waals surface area contributed by atoms with Crippen molar-refractivity contribution in [2.75, 3.05) is 13.2 Å². The van der Waals surface area contributed by atoms with Crippen molar-refractivity contribution in [2.45, 2.75) is 239 Å². The highest BCUT2D eigenvalue weighted by Crippen LogP contribution is 2.15. The molecule has 0 aromatic heterocycles.